The molecule has 30 heavy (non-hydrogen) atoms. The molecule has 1 saturated carbocycles. The second kappa shape index (κ2) is 8.13. The molecule has 1 fully saturated rings. The SMILES string of the molecule is CCCCC1=NC2(CCCC2)CN1Cc1ccc(-c2ccccc2-c2n[nH][nH]2)cc1. The Hall–Kier alpha value is -2.82. The summed E-state index contributed by atoms with van der Waals surface area (Å²) in [5.41, 5.74) is 5.12. The van der Waals surface area contributed by atoms with E-state index in [4.69, 9.17) is 4.99 Å². The Labute approximate surface area is 178 Å². The van der Waals surface area contributed by atoms with Gasteiger partial charge in [-0.15, -0.1) is 5.10 Å². The molecule has 5 rings (SSSR count). The standard InChI is InChI=1S/C25H31N5/c1-2-3-10-23-26-25(15-6-7-16-25)18-30(23)17-19-11-13-20(14-12-19)21-8-4-5-9-22(21)24-27-29-28-24/h4-5,8-9,11-14,29H,2-3,6-7,10,15-18H2,1H3,(H,27,28). The number of hydrogen-bond donors (Lipinski definition) is 2. The lowest BCUT2D eigenvalue weighted by Crippen LogP contribution is -2.33. The lowest BCUT2D eigenvalue weighted by Gasteiger charge is -2.25. The normalized spacial score (nSPS) is 17.8. The minimum Gasteiger partial charge on any atom is -0.354 e. The lowest BCUT2D eigenvalue weighted by atomic mass is 9.97. The smallest absolute Gasteiger partial charge is 0.175 e. The van der Waals surface area contributed by atoms with Gasteiger partial charge in [-0.05, 0) is 36.0 Å². The van der Waals surface area contributed by atoms with Crippen molar-refractivity contribution in [2.75, 3.05) is 6.54 Å². The summed E-state index contributed by atoms with van der Waals surface area (Å²) in [6, 6.07) is 17.4. The van der Waals surface area contributed by atoms with E-state index in [1.807, 2.05) is 0 Å². The van der Waals surface area contributed by atoms with Crippen molar-refractivity contribution >= 4 is 5.84 Å². The van der Waals surface area contributed by atoms with Gasteiger partial charge in [-0.3, -0.25) is 10.1 Å². The van der Waals surface area contributed by atoms with Gasteiger partial charge in [0.05, 0.1) is 5.54 Å². The van der Waals surface area contributed by atoms with Crippen LogP contribution in [0, 0.1) is 0 Å². The molecule has 0 radical (unpaired) electrons. The van der Waals surface area contributed by atoms with Crippen molar-refractivity contribution in [3.05, 3.63) is 54.1 Å². The van der Waals surface area contributed by atoms with Crippen LogP contribution in [0.3, 0.4) is 0 Å². The molecule has 1 aliphatic carbocycles. The summed E-state index contributed by atoms with van der Waals surface area (Å²) in [5.74, 6) is 2.24. The molecule has 2 aliphatic rings. The second-order valence-electron chi connectivity index (χ2n) is 8.86. The molecule has 3 aromatic rings. The topological polar surface area (TPSA) is 60.1 Å². The number of nitrogens with one attached hydrogen (secondary N) is 2. The second-order valence-corrected chi connectivity index (χ2v) is 8.86. The average Bonchev–Trinajstić information content (AvgIpc) is 3.32. The van der Waals surface area contributed by atoms with E-state index in [9.17, 15) is 0 Å². The number of H-pyrrole nitrogens is 2. The molecule has 0 saturated heterocycles. The van der Waals surface area contributed by atoms with Crippen molar-refractivity contribution in [3.63, 3.8) is 0 Å². The zero-order valence-electron chi connectivity index (χ0n) is 17.8. The van der Waals surface area contributed by atoms with Crippen molar-refractivity contribution < 1.29 is 0 Å². The molecule has 1 aromatic heterocycles. The first-order chi connectivity index (χ1) is 14.8. The first-order valence-corrected chi connectivity index (χ1v) is 11.4. The summed E-state index contributed by atoms with van der Waals surface area (Å²) in [7, 11) is 0. The summed E-state index contributed by atoms with van der Waals surface area (Å²) in [4.78, 5) is 7.82. The molecule has 2 heterocycles. The van der Waals surface area contributed by atoms with Crippen molar-refractivity contribution in [1.29, 1.82) is 0 Å². The monoisotopic (exact) mass is 401 g/mol. The van der Waals surface area contributed by atoms with Crippen LogP contribution in [0.15, 0.2) is 53.5 Å². The van der Waals surface area contributed by atoms with Gasteiger partial charge in [0.2, 0.25) is 0 Å². The van der Waals surface area contributed by atoms with Crippen LogP contribution in [0.5, 0.6) is 0 Å². The molecule has 1 spiro atoms. The summed E-state index contributed by atoms with van der Waals surface area (Å²) < 4.78 is 0. The van der Waals surface area contributed by atoms with E-state index in [-0.39, 0.29) is 5.54 Å². The fourth-order valence-corrected chi connectivity index (χ4v) is 5.02. The van der Waals surface area contributed by atoms with E-state index < -0.39 is 0 Å². The van der Waals surface area contributed by atoms with E-state index in [1.165, 1.54) is 61.1 Å². The molecule has 0 unspecified atom stereocenters. The highest BCUT2D eigenvalue weighted by atomic mass is 15.4. The Morgan fingerprint density at radius 3 is 2.40 bits per heavy atom. The average molecular weight is 402 g/mol. The van der Waals surface area contributed by atoms with Crippen LogP contribution in [0.4, 0.5) is 0 Å². The van der Waals surface area contributed by atoms with Gasteiger partial charge in [-0.25, -0.2) is 5.21 Å². The molecule has 2 N–H and O–H groups in total. The van der Waals surface area contributed by atoms with Crippen molar-refractivity contribution in [2.24, 2.45) is 4.99 Å². The van der Waals surface area contributed by atoms with Gasteiger partial charge in [0.15, 0.2) is 5.82 Å². The number of aromatic nitrogens is 3. The van der Waals surface area contributed by atoms with E-state index in [0.29, 0.717) is 0 Å². The quantitative estimate of drug-likeness (QED) is 0.526. The van der Waals surface area contributed by atoms with Gasteiger partial charge < -0.3 is 4.90 Å². The van der Waals surface area contributed by atoms with Crippen molar-refractivity contribution in [2.45, 2.75) is 64.0 Å². The Kier molecular flexibility index (Phi) is 5.19. The number of hydrogen-bond acceptors (Lipinski definition) is 3. The van der Waals surface area contributed by atoms with Crippen LogP contribution >= 0.6 is 0 Å². The van der Waals surface area contributed by atoms with Gasteiger partial charge in [-0.2, -0.15) is 0 Å². The van der Waals surface area contributed by atoms with Crippen molar-refractivity contribution in [1.82, 2.24) is 20.3 Å². The Bertz CT molecular complexity index is 995. The maximum Gasteiger partial charge on any atom is 0.175 e. The van der Waals surface area contributed by atoms with Crippen LogP contribution in [0.2, 0.25) is 0 Å². The predicted molar refractivity (Wildman–Crippen MR) is 122 cm³/mol. The molecule has 1 aliphatic heterocycles. The fraction of sp³-hybridized carbons (Fsp3) is 0.440. The molecule has 0 atom stereocenters. The van der Waals surface area contributed by atoms with Crippen molar-refractivity contribution in [3.8, 4) is 22.5 Å². The third kappa shape index (κ3) is 3.69. The zero-order valence-corrected chi connectivity index (χ0v) is 17.8. The number of benzene rings is 2. The number of aliphatic imine (C=N–C) groups is 1. The molecule has 156 valence electrons. The highest BCUT2D eigenvalue weighted by Gasteiger charge is 2.40. The van der Waals surface area contributed by atoms with E-state index >= 15 is 0 Å². The molecule has 0 amide bonds. The number of unbranched alkanes of at least 4 members (excludes halogenated alkanes) is 1. The minimum atomic E-state index is 0.215. The van der Waals surface area contributed by atoms with Gasteiger partial charge in [-0.1, -0.05) is 74.7 Å². The Morgan fingerprint density at radius 1 is 1.00 bits per heavy atom. The van der Waals surface area contributed by atoms with E-state index in [1.54, 1.807) is 0 Å². The number of nitrogens with zero attached hydrogens (tertiary/aromatic N) is 3. The van der Waals surface area contributed by atoms with Gasteiger partial charge in [0.1, 0.15) is 5.84 Å². The highest BCUT2D eigenvalue weighted by Crippen LogP contribution is 2.39. The highest BCUT2D eigenvalue weighted by molar-refractivity contribution is 5.85. The Balaban J connectivity index is 1.34. The number of rotatable bonds is 7. The predicted octanol–water partition coefficient (Wildman–Crippen LogP) is 5.79. The number of amidine groups is 1. The summed E-state index contributed by atoms with van der Waals surface area (Å²) in [6.07, 6.45) is 8.78. The lowest BCUT2D eigenvalue weighted by molar-refractivity contribution is 0.336. The van der Waals surface area contributed by atoms with Gasteiger partial charge in [0, 0.05) is 25.1 Å². The van der Waals surface area contributed by atoms with Crippen LogP contribution in [-0.2, 0) is 6.54 Å². The third-order valence-electron chi connectivity index (χ3n) is 6.67. The van der Waals surface area contributed by atoms with Gasteiger partial charge in [0.25, 0.3) is 0 Å². The van der Waals surface area contributed by atoms with Crippen LogP contribution in [0.25, 0.3) is 22.5 Å². The molecular formula is C25H31N5. The van der Waals surface area contributed by atoms with E-state index in [0.717, 1.165) is 30.9 Å². The summed E-state index contributed by atoms with van der Waals surface area (Å²) in [6.45, 7) is 4.34. The molecule has 0 bridgehead atoms. The number of aromatic amines is 2. The molecule has 5 nitrogen and oxygen atoms in total. The largest absolute Gasteiger partial charge is 0.354 e. The summed E-state index contributed by atoms with van der Waals surface area (Å²) >= 11 is 0. The molecule has 5 heteroatoms. The molecule has 2 aromatic carbocycles. The van der Waals surface area contributed by atoms with Crippen LogP contribution < -0.4 is 0 Å². The minimum absolute atomic E-state index is 0.215. The maximum absolute atomic E-state index is 5.26. The first-order valence-electron chi connectivity index (χ1n) is 11.4. The Morgan fingerprint density at radius 2 is 1.73 bits per heavy atom. The van der Waals surface area contributed by atoms with Crippen LogP contribution in [-0.4, -0.2) is 38.2 Å². The maximum atomic E-state index is 5.26. The van der Waals surface area contributed by atoms with E-state index in [2.05, 4.69) is 75.8 Å². The molecular weight excluding hydrogens is 370 g/mol. The first kappa shape index (κ1) is 19.2. The summed E-state index contributed by atoms with van der Waals surface area (Å²) in [5, 5.41) is 10.0. The van der Waals surface area contributed by atoms with Gasteiger partial charge >= 0.3 is 0 Å². The van der Waals surface area contributed by atoms with Crippen LogP contribution in [0.1, 0.15) is 57.4 Å². The third-order valence-corrected chi connectivity index (χ3v) is 6.67. The zero-order chi connectivity index (χ0) is 20.4. The fourth-order valence-electron chi connectivity index (χ4n) is 5.02.